The van der Waals surface area contributed by atoms with Crippen molar-refractivity contribution in [2.24, 2.45) is 7.05 Å². The number of hydrogen-bond donors (Lipinski definition) is 2. The van der Waals surface area contributed by atoms with Gasteiger partial charge in [-0.05, 0) is 13.1 Å². The summed E-state index contributed by atoms with van der Waals surface area (Å²) < 4.78 is 1.17. The SMILES string of the molecule is CCN(CC)CCNC(=O)c1cn(C)c(=O)[nH]c1=O. The van der Waals surface area contributed by atoms with Crippen molar-refractivity contribution < 1.29 is 4.79 Å². The third-order valence-corrected chi connectivity index (χ3v) is 2.96. The number of carbonyl (C=O) groups excluding carboxylic acids is 1. The van der Waals surface area contributed by atoms with Crippen molar-refractivity contribution in [1.29, 1.82) is 0 Å². The maximum Gasteiger partial charge on any atom is 0.328 e. The number of hydrogen-bond acceptors (Lipinski definition) is 4. The predicted molar refractivity (Wildman–Crippen MR) is 72.4 cm³/mol. The highest BCUT2D eigenvalue weighted by atomic mass is 16.2. The van der Waals surface area contributed by atoms with Gasteiger partial charge in [0.2, 0.25) is 0 Å². The zero-order valence-electron chi connectivity index (χ0n) is 11.5. The van der Waals surface area contributed by atoms with Gasteiger partial charge in [-0.1, -0.05) is 13.8 Å². The van der Waals surface area contributed by atoms with E-state index in [0.717, 1.165) is 19.6 Å². The van der Waals surface area contributed by atoms with E-state index in [9.17, 15) is 14.4 Å². The molecule has 0 atom stereocenters. The van der Waals surface area contributed by atoms with Crippen molar-refractivity contribution in [3.05, 3.63) is 32.6 Å². The van der Waals surface area contributed by atoms with Gasteiger partial charge in [-0.2, -0.15) is 0 Å². The lowest BCUT2D eigenvalue weighted by Crippen LogP contribution is -2.39. The summed E-state index contributed by atoms with van der Waals surface area (Å²) in [6.07, 6.45) is 1.24. The molecule has 0 unspecified atom stereocenters. The van der Waals surface area contributed by atoms with Crippen LogP contribution in [0.4, 0.5) is 0 Å². The number of nitrogens with zero attached hydrogens (tertiary/aromatic N) is 2. The molecule has 1 heterocycles. The lowest BCUT2D eigenvalue weighted by Gasteiger charge is -2.17. The summed E-state index contributed by atoms with van der Waals surface area (Å²) in [5.41, 5.74) is -1.25. The maximum atomic E-state index is 11.8. The Balaban J connectivity index is 2.67. The van der Waals surface area contributed by atoms with E-state index in [1.54, 1.807) is 0 Å². The first-order valence-corrected chi connectivity index (χ1v) is 6.30. The molecule has 106 valence electrons. The Morgan fingerprint density at radius 3 is 2.58 bits per heavy atom. The second-order valence-corrected chi connectivity index (χ2v) is 4.20. The fraction of sp³-hybridized carbons (Fsp3) is 0.583. The topological polar surface area (TPSA) is 87.2 Å². The minimum absolute atomic E-state index is 0.0540. The quantitative estimate of drug-likeness (QED) is 0.703. The maximum absolute atomic E-state index is 11.8. The molecule has 7 heteroatoms. The molecule has 0 aliphatic carbocycles. The molecule has 0 aliphatic heterocycles. The minimum atomic E-state index is -0.663. The standard InChI is InChI=1S/C12H20N4O3/c1-4-16(5-2)7-6-13-10(17)9-8-15(3)12(19)14-11(9)18/h8H,4-7H2,1-3H3,(H,13,17)(H,14,18,19). The molecule has 19 heavy (non-hydrogen) atoms. The van der Waals surface area contributed by atoms with E-state index >= 15 is 0 Å². The Kier molecular flexibility index (Phi) is 5.50. The van der Waals surface area contributed by atoms with Crippen LogP contribution in [0.3, 0.4) is 0 Å². The van der Waals surface area contributed by atoms with Crippen molar-refractivity contribution in [3.8, 4) is 0 Å². The van der Waals surface area contributed by atoms with Gasteiger partial charge in [0, 0.05) is 26.3 Å². The van der Waals surface area contributed by atoms with Crippen LogP contribution in [0.15, 0.2) is 15.8 Å². The Labute approximate surface area is 111 Å². The monoisotopic (exact) mass is 268 g/mol. The number of H-pyrrole nitrogens is 1. The molecular weight excluding hydrogens is 248 g/mol. The Hall–Kier alpha value is -1.89. The van der Waals surface area contributed by atoms with Crippen LogP contribution in [0.2, 0.25) is 0 Å². The summed E-state index contributed by atoms with van der Waals surface area (Å²) in [5, 5.41) is 2.67. The third kappa shape index (κ3) is 4.06. The number of carbonyl (C=O) groups is 1. The lowest BCUT2D eigenvalue weighted by molar-refractivity contribution is 0.0946. The zero-order chi connectivity index (χ0) is 14.4. The van der Waals surface area contributed by atoms with Gasteiger partial charge < -0.3 is 14.8 Å². The minimum Gasteiger partial charge on any atom is -0.351 e. The van der Waals surface area contributed by atoms with E-state index in [1.165, 1.54) is 17.8 Å². The van der Waals surface area contributed by atoms with Gasteiger partial charge in [0.05, 0.1) is 0 Å². The molecule has 0 saturated carbocycles. The van der Waals surface area contributed by atoms with E-state index < -0.39 is 17.2 Å². The van der Waals surface area contributed by atoms with Crippen molar-refractivity contribution in [3.63, 3.8) is 0 Å². The van der Waals surface area contributed by atoms with Crippen molar-refractivity contribution in [2.45, 2.75) is 13.8 Å². The Bertz CT molecular complexity index is 543. The molecule has 1 aromatic rings. The van der Waals surface area contributed by atoms with Crippen molar-refractivity contribution >= 4 is 5.91 Å². The van der Waals surface area contributed by atoms with Crippen LogP contribution in [-0.2, 0) is 7.05 Å². The summed E-state index contributed by atoms with van der Waals surface area (Å²) >= 11 is 0. The fourth-order valence-electron chi connectivity index (χ4n) is 1.69. The number of likely N-dealkylation sites (N-methyl/N-ethyl adjacent to an activating group) is 1. The molecule has 0 bridgehead atoms. The average Bonchev–Trinajstić information content (AvgIpc) is 2.38. The highest BCUT2D eigenvalue weighted by Crippen LogP contribution is 1.88. The van der Waals surface area contributed by atoms with Crippen LogP contribution in [0.1, 0.15) is 24.2 Å². The predicted octanol–water partition coefficient (Wildman–Crippen LogP) is -0.855. The first-order chi connectivity index (χ1) is 8.99. The van der Waals surface area contributed by atoms with Crippen LogP contribution >= 0.6 is 0 Å². The highest BCUT2D eigenvalue weighted by molar-refractivity contribution is 5.93. The first-order valence-electron chi connectivity index (χ1n) is 6.30. The third-order valence-electron chi connectivity index (χ3n) is 2.96. The van der Waals surface area contributed by atoms with Crippen LogP contribution < -0.4 is 16.6 Å². The number of nitrogens with one attached hydrogen (secondary N) is 2. The molecule has 0 radical (unpaired) electrons. The molecule has 2 N–H and O–H groups in total. The Morgan fingerprint density at radius 2 is 2.00 bits per heavy atom. The van der Waals surface area contributed by atoms with Gasteiger partial charge >= 0.3 is 5.69 Å². The van der Waals surface area contributed by atoms with Crippen molar-refractivity contribution in [1.82, 2.24) is 19.8 Å². The number of aryl methyl sites for hydroxylation is 1. The second kappa shape index (κ2) is 6.89. The molecule has 0 aliphatic rings. The number of aromatic nitrogens is 2. The molecule has 1 amide bonds. The van der Waals surface area contributed by atoms with Crippen LogP contribution in [0.5, 0.6) is 0 Å². The number of amides is 1. The molecule has 7 nitrogen and oxygen atoms in total. The van der Waals surface area contributed by atoms with Gasteiger partial charge in [-0.15, -0.1) is 0 Å². The van der Waals surface area contributed by atoms with E-state index in [0.29, 0.717) is 6.54 Å². The van der Waals surface area contributed by atoms with E-state index in [1.807, 2.05) is 13.8 Å². The molecule has 1 rings (SSSR count). The van der Waals surface area contributed by atoms with Crippen molar-refractivity contribution in [2.75, 3.05) is 26.2 Å². The molecule has 0 fully saturated rings. The smallest absolute Gasteiger partial charge is 0.328 e. The van der Waals surface area contributed by atoms with Gasteiger partial charge in [-0.25, -0.2) is 4.79 Å². The van der Waals surface area contributed by atoms with Gasteiger partial charge in [0.1, 0.15) is 5.56 Å². The highest BCUT2D eigenvalue weighted by Gasteiger charge is 2.11. The van der Waals surface area contributed by atoms with Gasteiger partial charge in [0.25, 0.3) is 11.5 Å². The largest absolute Gasteiger partial charge is 0.351 e. The summed E-state index contributed by atoms with van der Waals surface area (Å²) in [7, 11) is 1.48. The van der Waals surface area contributed by atoms with Gasteiger partial charge in [-0.3, -0.25) is 14.6 Å². The second-order valence-electron chi connectivity index (χ2n) is 4.20. The summed E-state index contributed by atoms with van der Waals surface area (Å²) in [6.45, 7) is 7.09. The number of rotatable bonds is 6. The van der Waals surface area contributed by atoms with Crippen LogP contribution in [-0.4, -0.2) is 46.5 Å². The van der Waals surface area contributed by atoms with E-state index in [2.05, 4.69) is 15.2 Å². The zero-order valence-corrected chi connectivity index (χ0v) is 11.5. The molecule has 0 spiro atoms. The average molecular weight is 268 g/mol. The number of aromatic amines is 1. The molecular formula is C12H20N4O3. The van der Waals surface area contributed by atoms with E-state index in [-0.39, 0.29) is 5.56 Å². The fourth-order valence-corrected chi connectivity index (χ4v) is 1.69. The lowest BCUT2D eigenvalue weighted by atomic mass is 10.3. The first kappa shape index (κ1) is 15.2. The summed E-state index contributed by atoms with van der Waals surface area (Å²) in [5.74, 6) is -0.469. The van der Waals surface area contributed by atoms with Gasteiger partial charge in [0.15, 0.2) is 0 Å². The molecule has 1 aromatic heterocycles. The molecule has 0 saturated heterocycles. The van der Waals surface area contributed by atoms with Crippen LogP contribution in [0, 0.1) is 0 Å². The molecule has 0 aromatic carbocycles. The normalized spacial score (nSPS) is 10.7. The van der Waals surface area contributed by atoms with E-state index in [4.69, 9.17) is 0 Å². The van der Waals surface area contributed by atoms with Crippen LogP contribution in [0.25, 0.3) is 0 Å². The summed E-state index contributed by atoms with van der Waals surface area (Å²) in [4.78, 5) is 38.7. The summed E-state index contributed by atoms with van der Waals surface area (Å²) in [6, 6.07) is 0. The Morgan fingerprint density at radius 1 is 1.37 bits per heavy atom.